The molecule has 4 heteroatoms. The van der Waals surface area contributed by atoms with Crippen LogP contribution in [-0.2, 0) is 4.74 Å². The molecule has 0 radical (unpaired) electrons. The minimum absolute atomic E-state index is 0.274. The van der Waals surface area contributed by atoms with E-state index in [0.717, 1.165) is 25.6 Å². The number of β-amino-alcohol motifs (C(OH)–C–C–N with tert-alkyl or cyclic N) is 1. The molecule has 0 aromatic heterocycles. The van der Waals surface area contributed by atoms with Crippen LogP contribution in [0, 0.1) is 5.92 Å². The van der Waals surface area contributed by atoms with Crippen molar-refractivity contribution in [1.82, 2.24) is 10.2 Å². The van der Waals surface area contributed by atoms with Crippen molar-refractivity contribution < 1.29 is 9.84 Å². The highest BCUT2D eigenvalue weighted by Gasteiger charge is 2.27. The van der Waals surface area contributed by atoms with Crippen LogP contribution in [0.1, 0.15) is 20.3 Å². The molecule has 1 aliphatic rings. The summed E-state index contributed by atoms with van der Waals surface area (Å²) in [6.45, 7) is 8.58. The summed E-state index contributed by atoms with van der Waals surface area (Å²) in [5, 5.41) is 13.1. The highest BCUT2D eigenvalue weighted by molar-refractivity contribution is 4.82. The van der Waals surface area contributed by atoms with Crippen molar-refractivity contribution in [3.8, 4) is 0 Å². The molecule has 0 saturated carbocycles. The van der Waals surface area contributed by atoms with Gasteiger partial charge in [0.05, 0.1) is 12.7 Å². The molecule has 1 saturated heterocycles. The fourth-order valence-corrected chi connectivity index (χ4v) is 2.42. The van der Waals surface area contributed by atoms with Gasteiger partial charge in [-0.25, -0.2) is 0 Å². The van der Waals surface area contributed by atoms with Gasteiger partial charge in [-0.1, -0.05) is 6.92 Å². The van der Waals surface area contributed by atoms with Crippen molar-refractivity contribution >= 4 is 0 Å². The third-order valence-corrected chi connectivity index (χ3v) is 3.22. The van der Waals surface area contributed by atoms with Crippen molar-refractivity contribution in [3.05, 3.63) is 0 Å². The lowest BCUT2D eigenvalue weighted by Crippen LogP contribution is -2.40. The third-order valence-electron chi connectivity index (χ3n) is 3.22. The third kappa shape index (κ3) is 4.78. The van der Waals surface area contributed by atoms with E-state index in [4.69, 9.17) is 4.74 Å². The molecule has 3 unspecified atom stereocenters. The second-order valence-electron chi connectivity index (χ2n) is 4.99. The number of hydrogen-bond acceptors (Lipinski definition) is 4. The monoisotopic (exact) mass is 230 g/mol. The van der Waals surface area contributed by atoms with Gasteiger partial charge < -0.3 is 15.2 Å². The lowest BCUT2D eigenvalue weighted by Gasteiger charge is -2.24. The minimum atomic E-state index is -0.274. The van der Waals surface area contributed by atoms with E-state index in [1.54, 1.807) is 7.11 Å². The number of likely N-dealkylation sites (tertiary alicyclic amines) is 1. The fraction of sp³-hybridized carbons (Fsp3) is 1.00. The summed E-state index contributed by atoms with van der Waals surface area (Å²) in [4.78, 5) is 2.38. The van der Waals surface area contributed by atoms with Crippen LogP contribution in [0.25, 0.3) is 0 Å². The zero-order valence-corrected chi connectivity index (χ0v) is 10.8. The van der Waals surface area contributed by atoms with Crippen LogP contribution in [0.15, 0.2) is 0 Å². The van der Waals surface area contributed by atoms with Crippen molar-refractivity contribution in [1.29, 1.82) is 0 Å². The number of rotatable bonds is 7. The minimum Gasteiger partial charge on any atom is -0.390 e. The molecular weight excluding hydrogens is 204 g/mol. The first-order valence-electron chi connectivity index (χ1n) is 6.25. The number of methoxy groups -OCH3 is 1. The second-order valence-corrected chi connectivity index (χ2v) is 4.99. The van der Waals surface area contributed by atoms with Crippen LogP contribution in [0.5, 0.6) is 0 Å². The topological polar surface area (TPSA) is 44.7 Å². The SMILES string of the molecule is COCCNCC(O)CN1CC(C)CC1C. The van der Waals surface area contributed by atoms with Gasteiger partial charge in [-0.15, -0.1) is 0 Å². The molecule has 2 N–H and O–H groups in total. The summed E-state index contributed by atoms with van der Waals surface area (Å²) in [6.07, 6.45) is 0.980. The van der Waals surface area contributed by atoms with Gasteiger partial charge in [-0.2, -0.15) is 0 Å². The molecule has 4 nitrogen and oxygen atoms in total. The average Bonchev–Trinajstić information content (AvgIpc) is 2.52. The summed E-state index contributed by atoms with van der Waals surface area (Å²) < 4.78 is 4.93. The predicted octanol–water partition coefficient (Wildman–Crippen LogP) is 0.314. The van der Waals surface area contributed by atoms with Gasteiger partial charge >= 0.3 is 0 Å². The van der Waals surface area contributed by atoms with Crippen molar-refractivity contribution in [2.75, 3.05) is 39.9 Å². The van der Waals surface area contributed by atoms with E-state index in [1.807, 2.05) is 0 Å². The van der Waals surface area contributed by atoms with Gasteiger partial charge in [0.2, 0.25) is 0 Å². The molecule has 0 bridgehead atoms. The van der Waals surface area contributed by atoms with Crippen LogP contribution in [0.4, 0.5) is 0 Å². The average molecular weight is 230 g/mol. The van der Waals surface area contributed by atoms with Gasteiger partial charge in [-0.3, -0.25) is 4.90 Å². The first-order valence-corrected chi connectivity index (χ1v) is 6.25. The smallest absolute Gasteiger partial charge is 0.0791 e. The summed E-state index contributed by atoms with van der Waals surface area (Å²) in [5.74, 6) is 0.767. The Morgan fingerprint density at radius 1 is 1.50 bits per heavy atom. The molecule has 0 aliphatic carbocycles. The Morgan fingerprint density at radius 3 is 2.81 bits per heavy atom. The quantitative estimate of drug-likeness (QED) is 0.618. The summed E-state index contributed by atoms with van der Waals surface area (Å²) >= 11 is 0. The standard InChI is InChI=1S/C12H26N2O2/c1-10-6-11(2)14(8-10)9-12(15)7-13-4-5-16-3/h10-13,15H,4-9H2,1-3H3. The predicted molar refractivity (Wildman–Crippen MR) is 65.6 cm³/mol. The van der Waals surface area contributed by atoms with Gasteiger partial charge in [0, 0.05) is 39.3 Å². The Kier molecular flexibility index (Phi) is 6.28. The Bertz CT molecular complexity index is 190. The van der Waals surface area contributed by atoms with E-state index < -0.39 is 0 Å². The molecule has 1 rings (SSSR count). The Balaban J connectivity index is 2.11. The fourth-order valence-electron chi connectivity index (χ4n) is 2.42. The van der Waals surface area contributed by atoms with Gasteiger partial charge in [0.1, 0.15) is 0 Å². The van der Waals surface area contributed by atoms with E-state index >= 15 is 0 Å². The van der Waals surface area contributed by atoms with Crippen LogP contribution in [0.2, 0.25) is 0 Å². The first kappa shape index (κ1) is 13.9. The number of nitrogens with zero attached hydrogens (tertiary/aromatic N) is 1. The van der Waals surface area contributed by atoms with E-state index in [0.29, 0.717) is 19.2 Å². The molecule has 0 aromatic carbocycles. The number of nitrogens with one attached hydrogen (secondary N) is 1. The van der Waals surface area contributed by atoms with Crippen LogP contribution < -0.4 is 5.32 Å². The van der Waals surface area contributed by atoms with Gasteiger partial charge in [-0.05, 0) is 19.3 Å². The van der Waals surface area contributed by atoms with Crippen molar-refractivity contribution in [2.45, 2.75) is 32.4 Å². The Morgan fingerprint density at radius 2 is 2.25 bits per heavy atom. The Hall–Kier alpha value is -0.160. The zero-order chi connectivity index (χ0) is 12.0. The maximum absolute atomic E-state index is 9.87. The van der Waals surface area contributed by atoms with Crippen LogP contribution in [-0.4, -0.2) is 62.0 Å². The lowest BCUT2D eigenvalue weighted by atomic mass is 10.1. The molecule has 1 heterocycles. The highest BCUT2D eigenvalue weighted by atomic mass is 16.5. The first-order chi connectivity index (χ1) is 7.63. The normalized spacial score (nSPS) is 28.5. The molecular formula is C12H26N2O2. The van der Waals surface area contributed by atoms with Crippen LogP contribution in [0.3, 0.4) is 0 Å². The van der Waals surface area contributed by atoms with Crippen molar-refractivity contribution in [2.24, 2.45) is 5.92 Å². The lowest BCUT2D eigenvalue weighted by molar-refractivity contribution is 0.104. The van der Waals surface area contributed by atoms with Gasteiger partial charge in [0.25, 0.3) is 0 Å². The van der Waals surface area contributed by atoms with E-state index in [-0.39, 0.29) is 6.10 Å². The largest absolute Gasteiger partial charge is 0.390 e. The number of hydrogen-bond donors (Lipinski definition) is 2. The molecule has 1 fully saturated rings. The zero-order valence-electron chi connectivity index (χ0n) is 10.8. The van der Waals surface area contributed by atoms with E-state index in [1.165, 1.54) is 6.42 Å². The van der Waals surface area contributed by atoms with E-state index in [2.05, 4.69) is 24.1 Å². The highest BCUT2D eigenvalue weighted by Crippen LogP contribution is 2.21. The molecule has 0 aromatic rings. The number of aliphatic hydroxyl groups is 1. The molecule has 3 atom stereocenters. The molecule has 0 amide bonds. The number of ether oxygens (including phenoxy) is 1. The molecule has 96 valence electrons. The Labute approximate surface area is 99.0 Å². The maximum Gasteiger partial charge on any atom is 0.0791 e. The second kappa shape index (κ2) is 7.22. The summed E-state index contributed by atoms with van der Waals surface area (Å²) in [5.41, 5.74) is 0. The molecule has 16 heavy (non-hydrogen) atoms. The molecule has 1 aliphatic heterocycles. The van der Waals surface area contributed by atoms with Crippen molar-refractivity contribution in [3.63, 3.8) is 0 Å². The van der Waals surface area contributed by atoms with E-state index in [9.17, 15) is 5.11 Å². The maximum atomic E-state index is 9.87. The van der Waals surface area contributed by atoms with Gasteiger partial charge in [0.15, 0.2) is 0 Å². The number of aliphatic hydroxyl groups excluding tert-OH is 1. The molecule has 0 spiro atoms. The summed E-state index contributed by atoms with van der Waals surface area (Å²) in [6, 6.07) is 0.614. The van der Waals surface area contributed by atoms with Crippen LogP contribution >= 0.6 is 0 Å². The summed E-state index contributed by atoms with van der Waals surface area (Å²) in [7, 11) is 1.69.